The molecule has 1 aromatic heterocycles. The maximum atomic E-state index is 5.46. The minimum Gasteiger partial charge on any atom is -0.454 e. The zero-order valence-corrected chi connectivity index (χ0v) is 14.4. The molecule has 7 heteroatoms. The van der Waals surface area contributed by atoms with Gasteiger partial charge in [-0.1, -0.05) is 30.0 Å². The van der Waals surface area contributed by atoms with Gasteiger partial charge in [-0.25, -0.2) is 0 Å². The predicted molar refractivity (Wildman–Crippen MR) is 91.2 cm³/mol. The topological polar surface area (TPSA) is 49.2 Å². The first-order valence-electron chi connectivity index (χ1n) is 6.97. The van der Waals surface area contributed by atoms with Crippen LogP contribution in [0.2, 0.25) is 0 Å². The lowest BCUT2D eigenvalue weighted by atomic mass is 10.2. The molecule has 0 radical (unpaired) electrons. The Morgan fingerprint density at radius 3 is 2.91 bits per heavy atom. The highest BCUT2D eigenvalue weighted by molar-refractivity contribution is 9.10. The molecule has 0 saturated carbocycles. The molecule has 0 fully saturated rings. The molecular formula is C16H12BrN3O2S. The zero-order chi connectivity index (χ0) is 15.6. The molecule has 0 spiro atoms. The second-order valence-electron chi connectivity index (χ2n) is 4.92. The van der Waals surface area contributed by atoms with Crippen molar-refractivity contribution in [3.63, 3.8) is 0 Å². The molecule has 116 valence electrons. The number of para-hydroxylation sites is 1. The largest absolute Gasteiger partial charge is 0.454 e. The molecule has 2 aromatic carbocycles. The summed E-state index contributed by atoms with van der Waals surface area (Å²) in [6.45, 7) is 0.271. The van der Waals surface area contributed by atoms with E-state index >= 15 is 0 Å². The normalized spacial score (nSPS) is 12.6. The molecule has 3 aromatic rings. The monoisotopic (exact) mass is 389 g/mol. The smallest absolute Gasteiger partial charge is 0.231 e. The van der Waals surface area contributed by atoms with Gasteiger partial charge in [-0.15, -0.1) is 10.2 Å². The van der Waals surface area contributed by atoms with Gasteiger partial charge in [0.05, 0.1) is 4.47 Å². The van der Waals surface area contributed by atoms with Gasteiger partial charge in [0.15, 0.2) is 16.7 Å². The Morgan fingerprint density at radius 2 is 2.04 bits per heavy atom. The standard InChI is InChI=1S/C16H12BrN3O2S/c17-13-6-11(7-14-15(13)22-10-21-14)8-23-16-19-18-9-20(16)12-4-2-1-3-5-12/h1-7,9H,8,10H2. The van der Waals surface area contributed by atoms with Crippen LogP contribution in [0.5, 0.6) is 11.5 Å². The molecular weight excluding hydrogens is 378 g/mol. The van der Waals surface area contributed by atoms with Gasteiger partial charge in [0, 0.05) is 11.4 Å². The molecule has 0 saturated heterocycles. The molecule has 1 aliphatic heterocycles. The van der Waals surface area contributed by atoms with E-state index in [9.17, 15) is 0 Å². The molecule has 0 amide bonds. The molecule has 0 N–H and O–H groups in total. The maximum absolute atomic E-state index is 5.46. The van der Waals surface area contributed by atoms with E-state index in [0.29, 0.717) is 0 Å². The number of halogens is 1. The van der Waals surface area contributed by atoms with Crippen LogP contribution >= 0.6 is 27.7 Å². The third-order valence-electron chi connectivity index (χ3n) is 3.41. The lowest BCUT2D eigenvalue weighted by Crippen LogP contribution is -1.95. The van der Waals surface area contributed by atoms with Crippen LogP contribution in [0.3, 0.4) is 0 Å². The van der Waals surface area contributed by atoms with Crippen molar-refractivity contribution in [1.82, 2.24) is 14.8 Å². The lowest BCUT2D eigenvalue weighted by Gasteiger charge is -2.07. The lowest BCUT2D eigenvalue weighted by molar-refractivity contribution is 0.173. The average molecular weight is 390 g/mol. The van der Waals surface area contributed by atoms with E-state index in [1.807, 2.05) is 47.0 Å². The number of nitrogens with zero attached hydrogens (tertiary/aromatic N) is 3. The zero-order valence-electron chi connectivity index (χ0n) is 12.0. The second kappa shape index (κ2) is 6.25. The first-order valence-corrected chi connectivity index (χ1v) is 8.75. The van der Waals surface area contributed by atoms with E-state index in [1.165, 1.54) is 0 Å². The predicted octanol–water partition coefficient (Wildman–Crippen LogP) is 4.05. The van der Waals surface area contributed by atoms with E-state index < -0.39 is 0 Å². The van der Waals surface area contributed by atoms with Crippen molar-refractivity contribution in [2.24, 2.45) is 0 Å². The Hall–Kier alpha value is -1.99. The average Bonchev–Trinajstić information content (AvgIpc) is 3.23. The molecule has 1 aliphatic rings. The fourth-order valence-electron chi connectivity index (χ4n) is 2.34. The SMILES string of the molecule is Brc1cc(CSc2nncn2-c2ccccc2)cc2c1OCO2. The quantitative estimate of drug-likeness (QED) is 0.629. The number of rotatable bonds is 4. The summed E-state index contributed by atoms with van der Waals surface area (Å²) < 4.78 is 13.8. The minimum atomic E-state index is 0.271. The Labute approximate surface area is 145 Å². The molecule has 4 rings (SSSR count). The van der Waals surface area contributed by atoms with E-state index in [-0.39, 0.29) is 6.79 Å². The van der Waals surface area contributed by atoms with Crippen LogP contribution in [-0.2, 0) is 5.75 Å². The van der Waals surface area contributed by atoms with Gasteiger partial charge in [-0.05, 0) is 45.8 Å². The van der Waals surface area contributed by atoms with Crippen molar-refractivity contribution in [2.75, 3.05) is 6.79 Å². The molecule has 2 heterocycles. The summed E-state index contributed by atoms with van der Waals surface area (Å²) in [5, 5.41) is 9.09. The molecule has 0 bridgehead atoms. The van der Waals surface area contributed by atoms with E-state index in [2.05, 4.69) is 26.1 Å². The summed E-state index contributed by atoms with van der Waals surface area (Å²) in [5.41, 5.74) is 2.18. The maximum Gasteiger partial charge on any atom is 0.231 e. The van der Waals surface area contributed by atoms with Crippen LogP contribution in [0.4, 0.5) is 0 Å². The number of fused-ring (bicyclic) bond motifs is 1. The van der Waals surface area contributed by atoms with Crippen molar-refractivity contribution >= 4 is 27.7 Å². The Morgan fingerprint density at radius 1 is 1.17 bits per heavy atom. The summed E-state index contributed by atoms with van der Waals surface area (Å²) in [6.07, 6.45) is 1.73. The van der Waals surface area contributed by atoms with Gasteiger partial charge in [-0.3, -0.25) is 4.57 Å². The van der Waals surface area contributed by atoms with Crippen molar-refractivity contribution in [3.05, 3.63) is 58.8 Å². The number of aromatic nitrogens is 3. The number of hydrogen-bond donors (Lipinski definition) is 0. The van der Waals surface area contributed by atoms with Crippen LogP contribution in [0.25, 0.3) is 5.69 Å². The van der Waals surface area contributed by atoms with Gasteiger partial charge in [0.25, 0.3) is 0 Å². The molecule has 5 nitrogen and oxygen atoms in total. The van der Waals surface area contributed by atoms with Crippen LogP contribution in [0.15, 0.2) is 58.4 Å². The fraction of sp³-hybridized carbons (Fsp3) is 0.125. The second-order valence-corrected chi connectivity index (χ2v) is 6.72. The van der Waals surface area contributed by atoms with E-state index in [1.54, 1.807) is 18.1 Å². The van der Waals surface area contributed by atoms with Crippen molar-refractivity contribution in [3.8, 4) is 17.2 Å². The van der Waals surface area contributed by atoms with Gasteiger partial charge < -0.3 is 9.47 Å². The third kappa shape index (κ3) is 2.94. The number of hydrogen-bond acceptors (Lipinski definition) is 5. The van der Waals surface area contributed by atoms with Gasteiger partial charge in [0.1, 0.15) is 6.33 Å². The minimum absolute atomic E-state index is 0.271. The van der Waals surface area contributed by atoms with Crippen LogP contribution in [0.1, 0.15) is 5.56 Å². The molecule has 23 heavy (non-hydrogen) atoms. The summed E-state index contributed by atoms with van der Waals surface area (Å²) in [5.74, 6) is 2.31. The van der Waals surface area contributed by atoms with Crippen LogP contribution in [0, 0.1) is 0 Å². The summed E-state index contributed by atoms with van der Waals surface area (Å²) in [4.78, 5) is 0. The molecule has 0 aliphatic carbocycles. The van der Waals surface area contributed by atoms with Gasteiger partial charge in [0.2, 0.25) is 6.79 Å². The Kier molecular flexibility index (Phi) is 3.97. The Bertz CT molecular complexity index is 839. The van der Waals surface area contributed by atoms with E-state index in [0.717, 1.165) is 38.1 Å². The number of benzene rings is 2. The highest BCUT2D eigenvalue weighted by atomic mass is 79.9. The van der Waals surface area contributed by atoms with Crippen molar-refractivity contribution < 1.29 is 9.47 Å². The molecule has 0 unspecified atom stereocenters. The number of ether oxygens (including phenoxy) is 2. The third-order valence-corrected chi connectivity index (χ3v) is 5.01. The summed E-state index contributed by atoms with van der Waals surface area (Å²) >= 11 is 5.15. The highest BCUT2D eigenvalue weighted by Gasteiger charge is 2.18. The first-order chi connectivity index (χ1) is 11.3. The summed E-state index contributed by atoms with van der Waals surface area (Å²) in [7, 11) is 0. The van der Waals surface area contributed by atoms with Crippen molar-refractivity contribution in [1.29, 1.82) is 0 Å². The van der Waals surface area contributed by atoms with Crippen molar-refractivity contribution in [2.45, 2.75) is 10.9 Å². The van der Waals surface area contributed by atoms with Crippen LogP contribution < -0.4 is 9.47 Å². The van der Waals surface area contributed by atoms with Gasteiger partial charge in [-0.2, -0.15) is 0 Å². The van der Waals surface area contributed by atoms with Gasteiger partial charge >= 0.3 is 0 Å². The van der Waals surface area contributed by atoms with E-state index in [4.69, 9.17) is 9.47 Å². The first kappa shape index (κ1) is 14.6. The highest BCUT2D eigenvalue weighted by Crippen LogP contribution is 2.41. The van der Waals surface area contributed by atoms with Crippen LogP contribution in [-0.4, -0.2) is 21.6 Å². The Balaban J connectivity index is 1.55. The fourth-order valence-corrected chi connectivity index (χ4v) is 3.80. The summed E-state index contributed by atoms with van der Waals surface area (Å²) in [6, 6.07) is 14.1. The number of thioether (sulfide) groups is 1. The molecule has 0 atom stereocenters.